The smallest absolute Gasteiger partial charge is 0.235 e. The van der Waals surface area contributed by atoms with E-state index in [-0.39, 0.29) is 15.8 Å². The van der Waals surface area contributed by atoms with Crippen LogP contribution in [-0.2, 0) is 10.3 Å². The first-order chi connectivity index (χ1) is 8.10. The molecular formula is C12H11BrFNO2. The van der Waals surface area contributed by atoms with Crippen molar-refractivity contribution in [2.75, 3.05) is 0 Å². The topological polar surface area (TPSA) is 49.7 Å². The number of benzene rings is 1. The molecule has 0 saturated heterocycles. The summed E-state index contributed by atoms with van der Waals surface area (Å²) < 4.78 is 14.3. The lowest BCUT2D eigenvalue weighted by Gasteiger charge is -2.24. The largest absolute Gasteiger partial charge is 0.507 e. The van der Waals surface area contributed by atoms with Gasteiger partial charge in [-0.3, -0.25) is 0 Å². The molecule has 5 heteroatoms. The predicted octanol–water partition coefficient (Wildman–Crippen LogP) is 3.40. The molecule has 90 valence electrons. The van der Waals surface area contributed by atoms with Gasteiger partial charge >= 0.3 is 0 Å². The summed E-state index contributed by atoms with van der Waals surface area (Å²) in [7, 11) is 0. The molecule has 0 spiro atoms. The molecule has 2 rings (SSSR count). The zero-order valence-corrected chi connectivity index (χ0v) is 10.6. The van der Waals surface area contributed by atoms with Crippen molar-refractivity contribution in [1.82, 2.24) is 0 Å². The van der Waals surface area contributed by atoms with Crippen molar-refractivity contribution in [3.63, 3.8) is 0 Å². The molecule has 0 unspecified atom stereocenters. The highest BCUT2D eigenvalue weighted by molar-refractivity contribution is 9.10. The lowest BCUT2D eigenvalue weighted by atomic mass is 9.88. The van der Waals surface area contributed by atoms with Gasteiger partial charge in [0.1, 0.15) is 17.1 Å². The number of hydrogen-bond donors (Lipinski definition) is 1. The molecule has 0 atom stereocenters. The molecule has 0 aromatic heterocycles. The third-order valence-corrected chi connectivity index (χ3v) is 3.84. The van der Waals surface area contributed by atoms with Gasteiger partial charge in [-0.25, -0.2) is 9.18 Å². The zero-order chi connectivity index (χ0) is 12.5. The maximum atomic E-state index is 14.1. The van der Waals surface area contributed by atoms with Crippen molar-refractivity contribution in [2.24, 2.45) is 4.99 Å². The third-order valence-electron chi connectivity index (χ3n) is 3.23. The standard InChI is InChI=1S/C12H11BrFNO2/c13-8-3-4-9(17)10(11(8)14)12(15-7-16)5-1-2-6-12/h3-4,17H,1-2,5-6H2. The second-order valence-corrected chi connectivity index (χ2v) is 5.05. The second-order valence-electron chi connectivity index (χ2n) is 4.20. The molecule has 0 bridgehead atoms. The molecular weight excluding hydrogens is 289 g/mol. The summed E-state index contributed by atoms with van der Waals surface area (Å²) in [6.07, 6.45) is 4.34. The van der Waals surface area contributed by atoms with Crippen LogP contribution in [0.4, 0.5) is 4.39 Å². The van der Waals surface area contributed by atoms with Crippen LogP contribution in [0.5, 0.6) is 5.75 Å². The molecule has 0 aliphatic heterocycles. The number of isocyanates is 1. The first-order valence-electron chi connectivity index (χ1n) is 5.37. The van der Waals surface area contributed by atoms with Crippen LogP contribution in [0.1, 0.15) is 31.2 Å². The Kier molecular flexibility index (Phi) is 3.31. The molecule has 1 aromatic carbocycles. The second kappa shape index (κ2) is 4.59. The minimum atomic E-state index is -0.945. The van der Waals surface area contributed by atoms with E-state index in [0.717, 1.165) is 12.8 Å². The van der Waals surface area contributed by atoms with Gasteiger partial charge in [0.05, 0.1) is 10.0 Å². The van der Waals surface area contributed by atoms with Crippen LogP contribution in [0.3, 0.4) is 0 Å². The average Bonchev–Trinajstić information content (AvgIpc) is 2.74. The first kappa shape index (κ1) is 12.3. The molecule has 1 aromatic rings. The SMILES string of the molecule is O=C=NC1(c2c(O)ccc(Br)c2F)CCCC1. The molecule has 0 amide bonds. The molecule has 1 aliphatic rings. The van der Waals surface area contributed by atoms with E-state index in [1.54, 1.807) is 0 Å². The van der Waals surface area contributed by atoms with Crippen LogP contribution in [-0.4, -0.2) is 11.2 Å². The molecule has 0 radical (unpaired) electrons. The Bertz CT molecular complexity index is 492. The number of aliphatic imine (C=N–C) groups is 1. The highest BCUT2D eigenvalue weighted by atomic mass is 79.9. The summed E-state index contributed by atoms with van der Waals surface area (Å²) >= 11 is 3.08. The van der Waals surface area contributed by atoms with Crippen molar-refractivity contribution < 1.29 is 14.3 Å². The fourth-order valence-corrected chi connectivity index (χ4v) is 2.78. The lowest BCUT2D eigenvalue weighted by Crippen LogP contribution is -2.21. The summed E-state index contributed by atoms with van der Waals surface area (Å²) in [6.45, 7) is 0. The summed E-state index contributed by atoms with van der Waals surface area (Å²) in [4.78, 5) is 14.3. The van der Waals surface area contributed by atoms with E-state index in [9.17, 15) is 14.3 Å². The summed E-state index contributed by atoms with van der Waals surface area (Å²) in [5.41, 5.74) is -0.840. The van der Waals surface area contributed by atoms with Gasteiger partial charge in [-0.15, -0.1) is 0 Å². The summed E-state index contributed by atoms with van der Waals surface area (Å²) in [6, 6.07) is 2.84. The van der Waals surface area contributed by atoms with E-state index in [4.69, 9.17) is 0 Å². The van der Waals surface area contributed by atoms with E-state index >= 15 is 0 Å². The van der Waals surface area contributed by atoms with Crippen LogP contribution in [0.2, 0.25) is 0 Å². The van der Waals surface area contributed by atoms with Crippen molar-refractivity contribution in [1.29, 1.82) is 0 Å². The Labute approximate surface area is 106 Å². The molecule has 1 N–H and O–H groups in total. The Hall–Kier alpha value is -1.19. The maximum absolute atomic E-state index is 14.1. The van der Waals surface area contributed by atoms with Gasteiger partial charge < -0.3 is 5.11 Å². The van der Waals surface area contributed by atoms with Crippen LogP contribution in [0, 0.1) is 5.82 Å². The van der Waals surface area contributed by atoms with Gasteiger partial charge in [0, 0.05) is 0 Å². The highest BCUT2D eigenvalue weighted by Crippen LogP contribution is 2.47. The summed E-state index contributed by atoms with van der Waals surface area (Å²) in [5, 5.41) is 9.82. The minimum absolute atomic E-state index is 0.104. The van der Waals surface area contributed by atoms with E-state index in [1.807, 2.05) is 0 Å². The number of halogens is 2. The Morgan fingerprint density at radius 3 is 2.65 bits per heavy atom. The van der Waals surface area contributed by atoms with Crippen LogP contribution < -0.4 is 0 Å². The molecule has 17 heavy (non-hydrogen) atoms. The number of hydrogen-bond acceptors (Lipinski definition) is 3. The minimum Gasteiger partial charge on any atom is -0.507 e. The average molecular weight is 300 g/mol. The normalized spacial score (nSPS) is 17.8. The van der Waals surface area contributed by atoms with Gasteiger partial charge in [-0.2, -0.15) is 4.99 Å². The maximum Gasteiger partial charge on any atom is 0.235 e. The van der Waals surface area contributed by atoms with Crippen molar-refractivity contribution >= 4 is 22.0 Å². The van der Waals surface area contributed by atoms with Crippen molar-refractivity contribution in [3.05, 3.63) is 28.0 Å². The van der Waals surface area contributed by atoms with E-state index in [0.29, 0.717) is 12.8 Å². The Morgan fingerprint density at radius 1 is 1.41 bits per heavy atom. The quantitative estimate of drug-likeness (QED) is 0.672. The molecule has 3 nitrogen and oxygen atoms in total. The van der Waals surface area contributed by atoms with Gasteiger partial charge in [0.15, 0.2) is 0 Å². The number of phenolic OH excluding ortho intramolecular Hbond substituents is 1. The number of nitrogens with zero attached hydrogens (tertiary/aromatic N) is 1. The molecule has 1 saturated carbocycles. The van der Waals surface area contributed by atoms with Crippen LogP contribution >= 0.6 is 15.9 Å². The van der Waals surface area contributed by atoms with E-state index in [1.165, 1.54) is 18.2 Å². The van der Waals surface area contributed by atoms with Gasteiger partial charge in [0.25, 0.3) is 0 Å². The highest BCUT2D eigenvalue weighted by Gasteiger charge is 2.40. The first-order valence-corrected chi connectivity index (χ1v) is 6.16. The van der Waals surface area contributed by atoms with Crippen LogP contribution in [0.25, 0.3) is 0 Å². The lowest BCUT2D eigenvalue weighted by molar-refractivity contribution is 0.387. The third kappa shape index (κ3) is 2.01. The number of rotatable bonds is 2. The predicted molar refractivity (Wildman–Crippen MR) is 64.0 cm³/mol. The molecule has 1 aliphatic carbocycles. The number of carbonyl (C=O) groups excluding carboxylic acids is 1. The molecule has 0 heterocycles. The number of aromatic hydroxyl groups is 1. The summed E-state index contributed by atoms with van der Waals surface area (Å²) in [5.74, 6) is -0.711. The van der Waals surface area contributed by atoms with Crippen LogP contribution in [0.15, 0.2) is 21.6 Å². The van der Waals surface area contributed by atoms with E-state index < -0.39 is 11.4 Å². The zero-order valence-electron chi connectivity index (χ0n) is 9.04. The van der Waals surface area contributed by atoms with Gasteiger partial charge in [-0.05, 0) is 40.9 Å². The number of phenols is 1. The monoisotopic (exact) mass is 299 g/mol. The molecule has 1 fully saturated rings. The van der Waals surface area contributed by atoms with E-state index in [2.05, 4.69) is 20.9 Å². The van der Waals surface area contributed by atoms with Gasteiger partial charge in [0.2, 0.25) is 6.08 Å². The fourth-order valence-electron chi connectivity index (χ4n) is 2.45. The van der Waals surface area contributed by atoms with Crippen molar-refractivity contribution in [2.45, 2.75) is 31.2 Å². The van der Waals surface area contributed by atoms with Crippen molar-refractivity contribution in [3.8, 4) is 5.75 Å². The fraction of sp³-hybridized carbons (Fsp3) is 0.417. The van der Waals surface area contributed by atoms with Gasteiger partial charge in [-0.1, -0.05) is 12.8 Å². The Balaban J connectivity index is 2.65. The Morgan fingerprint density at radius 2 is 2.06 bits per heavy atom.